The van der Waals surface area contributed by atoms with Crippen LogP contribution in [0.15, 0.2) is 42.5 Å². The van der Waals surface area contributed by atoms with Gasteiger partial charge in [0.05, 0.1) is 19.8 Å². The predicted molar refractivity (Wildman–Crippen MR) is 109 cm³/mol. The quantitative estimate of drug-likeness (QED) is 0.345. The molecule has 2 rings (SSSR count). The SMILES string of the molecule is OCCNc1ccc(/C=C/c2cc(NCCO)cc(NCCO)c2)cc1. The van der Waals surface area contributed by atoms with Gasteiger partial charge < -0.3 is 31.3 Å². The van der Waals surface area contributed by atoms with E-state index in [0.717, 1.165) is 28.2 Å². The third-order valence-corrected chi connectivity index (χ3v) is 3.66. The van der Waals surface area contributed by atoms with Gasteiger partial charge in [0, 0.05) is 36.7 Å². The Morgan fingerprint density at radius 1 is 0.577 bits per heavy atom. The van der Waals surface area contributed by atoms with Crippen LogP contribution in [0.4, 0.5) is 17.1 Å². The first kappa shape index (κ1) is 19.8. The molecule has 6 nitrogen and oxygen atoms in total. The molecule has 2 aromatic rings. The van der Waals surface area contributed by atoms with Crippen LogP contribution in [-0.2, 0) is 0 Å². The van der Waals surface area contributed by atoms with E-state index in [2.05, 4.69) is 16.0 Å². The molecule has 2 aromatic carbocycles. The summed E-state index contributed by atoms with van der Waals surface area (Å²) >= 11 is 0. The minimum atomic E-state index is 0.0656. The molecule has 6 N–H and O–H groups in total. The average Bonchev–Trinajstić information content (AvgIpc) is 2.68. The summed E-state index contributed by atoms with van der Waals surface area (Å²) in [7, 11) is 0. The summed E-state index contributed by atoms with van der Waals surface area (Å²) in [6, 6.07) is 13.9. The van der Waals surface area contributed by atoms with Gasteiger partial charge in [-0.3, -0.25) is 0 Å². The molecule has 0 atom stereocenters. The van der Waals surface area contributed by atoms with Gasteiger partial charge in [-0.05, 0) is 41.5 Å². The van der Waals surface area contributed by atoms with E-state index in [9.17, 15) is 0 Å². The standard InChI is InChI=1S/C20H27N3O3/c24-10-7-21-18-5-3-16(4-6-18)1-2-17-13-19(22-8-11-25)15-20(14-17)23-9-12-26/h1-6,13-15,21-26H,7-12H2/b2-1+. The van der Waals surface area contributed by atoms with E-state index in [0.29, 0.717) is 19.6 Å². The van der Waals surface area contributed by atoms with Gasteiger partial charge in [-0.15, -0.1) is 0 Å². The van der Waals surface area contributed by atoms with Gasteiger partial charge in [-0.25, -0.2) is 0 Å². The zero-order chi connectivity index (χ0) is 18.6. The summed E-state index contributed by atoms with van der Waals surface area (Å²) in [6.45, 7) is 1.73. The molecule has 0 amide bonds. The zero-order valence-corrected chi connectivity index (χ0v) is 14.8. The first-order chi connectivity index (χ1) is 12.7. The molecule has 0 heterocycles. The van der Waals surface area contributed by atoms with E-state index >= 15 is 0 Å². The second-order valence-electron chi connectivity index (χ2n) is 5.75. The van der Waals surface area contributed by atoms with Crippen molar-refractivity contribution in [2.24, 2.45) is 0 Å². The summed E-state index contributed by atoms with van der Waals surface area (Å²) in [6.07, 6.45) is 4.04. The second-order valence-corrected chi connectivity index (χ2v) is 5.75. The van der Waals surface area contributed by atoms with E-state index in [1.807, 2.05) is 54.6 Å². The summed E-state index contributed by atoms with van der Waals surface area (Å²) < 4.78 is 0. The Hall–Kier alpha value is -2.54. The van der Waals surface area contributed by atoms with E-state index in [4.69, 9.17) is 15.3 Å². The molecule has 0 bridgehead atoms. The number of hydrogen-bond acceptors (Lipinski definition) is 6. The molecule has 0 radical (unpaired) electrons. The first-order valence-corrected chi connectivity index (χ1v) is 8.72. The van der Waals surface area contributed by atoms with Crippen molar-refractivity contribution >= 4 is 29.2 Å². The van der Waals surface area contributed by atoms with Crippen LogP contribution >= 0.6 is 0 Å². The molecule has 0 unspecified atom stereocenters. The largest absolute Gasteiger partial charge is 0.395 e. The highest BCUT2D eigenvalue weighted by Crippen LogP contribution is 2.21. The van der Waals surface area contributed by atoms with Crippen molar-refractivity contribution in [3.63, 3.8) is 0 Å². The van der Waals surface area contributed by atoms with Crippen molar-refractivity contribution in [2.75, 3.05) is 55.4 Å². The Kier molecular flexibility index (Phi) is 8.48. The Labute approximate surface area is 154 Å². The van der Waals surface area contributed by atoms with Crippen LogP contribution in [0.5, 0.6) is 0 Å². The first-order valence-electron chi connectivity index (χ1n) is 8.72. The lowest BCUT2D eigenvalue weighted by Crippen LogP contribution is -2.08. The third-order valence-electron chi connectivity index (χ3n) is 3.66. The van der Waals surface area contributed by atoms with E-state index in [1.165, 1.54) is 0 Å². The van der Waals surface area contributed by atoms with Crippen molar-refractivity contribution in [3.8, 4) is 0 Å². The molecular weight excluding hydrogens is 330 g/mol. The Morgan fingerprint density at radius 3 is 1.54 bits per heavy atom. The van der Waals surface area contributed by atoms with Crippen molar-refractivity contribution in [2.45, 2.75) is 0 Å². The number of hydrogen-bond donors (Lipinski definition) is 6. The molecule has 0 spiro atoms. The average molecular weight is 357 g/mol. The van der Waals surface area contributed by atoms with Crippen LogP contribution < -0.4 is 16.0 Å². The predicted octanol–water partition coefficient (Wildman–Crippen LogP) is 2.07. The molecule has 0 aliphatic carbocycles. The minimum Gasteiger partial charge on any atom is -0.395 e. The van der Waals surface area contributed by atoms with Crippen LogP contribution in [0.1, 0.15) is 11.1 Å². The monoisotopic (exact) mass is 357 g/mol. The number of aliphatic hydroxyl groups excluding tert-OH is 3. The highest BCUT2D eigenvalue weighted by Gasteiger charge is 2.00. The third kappa shape index (κ3) is 6.76. The summed E-state index contributed by atoms with van der Waals surface area (Å²) in [5.74, 6) is 0. The molecular formula is C20H27N3O3. The number of anilines is 3. The van der Waals surface area contributed by atoms with Crippen LogP contribution in [0.2, 0.25) is 0 Å². The summed E-state index contributed by atoms with van der Waals surface area (Å²) in [5, 5.41) is 36.3. The van der Waals surface area contributed by atoms with Gasteiger partial charge in [0.15, 0.2) is 0 Å². The normalized spacial score (nSPS) is 10.9. The van der Waals surface area contributed by atoms with E-state index in [1.54, 1.807) is 0 Å². The number of benzene rings is 2. The van der Waals surface area contributed by atoms with Crippen molar-refractivity contribution in [3.05, 3.63) is 53.6 Å². The topological polar surface area (TPSA) is 96.8 Å². The molecule has 0 aromatic heterocycles. The van der Waals surface area contributed by atoms with Gasteiger partial charge in [-0.1, -0.05) is 24.3 Å². The van der Waals surface area contributed by atoms with Crippen LogP contribution in [0.25, 0.3) is 12.2 Å². The lowest BCUT2D eigenvalue weighted by atomic mass is 10.1. The summed E-state index contributed by atoms with van der Waals surface area (Å²) in [5.41, 5.74) is 4.87. The van der Waals surface area contributed by atoms with Crippen molar-refractivity contribution in [1.82, 2.24) is 0 Å². The molecule has 0 aliphatic heterocycles. The minimum absolute atomic E-state index is 0.0656. The Bertz CT molecular complexity index is 661. The molecule has 26 heavy (non-hydrogen) atoms. The van der Waals surface area contributed by atoms with Gasteiger partial charge in [0.1, 0.15) is 0 Å². The molecule has 140 valence electrons. The van der Waals surface area contributed by atoms with Crippen LogP contribution in [0, 0.1) is 0 Å². The lowest BCUT2D eigenvalue weighted by Gasteiger charge is -2.11. The highest BCUT2D eigenvalue weighted by molar-refractivity contribution is 5.75. The maximum Gasteiger partial charge on any atom is 0.0604 e. The maximum atomic E-state index is 8.99. The van der Waals surface area contributed by atoms with Gasteiger partial charge in [-0.2, -0.15) is 0 Å². The lowest BCUT2D eigenvalue weighted by molar-refractivity contribution is 0.310. The van der Waals surface area contributed by atoms with Gasteiger partial charge in [0.2, 0.25) is 0 Å². The van der Waals surface area contributed by atoms with Crippen LogP contribution in [-0.4, -0.2) is 54.8 Å². The van der Waals surface area contributed by atoms with Crippen molar-refractivity contribution < 1.29 is 15.3 Å². The Morgan fingerprint density at radius 2 is 1.04 bits per heavy atom. The number of aliphatic hydroxyl groups is 3. The summed E-state index contributed by atoms with van der Waals surface area (Å²) in [4.78, 5) is 0. The maximum absolute atomic E-state index is 8.99. The zero-order valence-electron chi connectivity index (χ0n) is 14.8. The fourth-order valence-electron chi connectivity index (χ4n) is 2.46. The smallest absolute Gasteiger partial charge is 0.0604 e. The van der Waals surface area contributed by atoms with Crippen molar-refractivity contribution in [1.29, 1.82) is 0 Å². The molecule has 0 saturated carbocycles. The van der Waals surface area contributed by atoms with E-state index < -0.39 is 0 Å². The second kappa shape index (κ2) is 11.1. The fourth-order valence-corrected chi connectivity index (χ4v) is 2.46. The van der Waals surface area contributed by atoms with E-state index in [-0.39, 0.29) is 19.8 Å². The van der Waals surface area contributed by atoms with Gasteiger partial charge in [0.25, 0.3) is 0 Å². The molecule has 0 fully saturated rings. The fraction of sp³-hybridized carbons (Fsp3) is 0.300. The Balaban J connectivity index is 2.11. The van der Waals surface area contributed by atoms with Gasteiger partial charge >= 0.3 is 0 Å². The molecule has 0 aliphatic rings. The number of nitrogens with one attached hydrogen (secondary N) is 3. The number of rotatable bonds is 11. The molecule has 0 saturated heterocycles. The highest BCUT2D eigenvalue weighted by atomic mass is 16.3. The molecule has 6 heteroatoms. The van der Waals surface area contributed by atoms with Crippen LogP contribution in [0.3, 0.4) is 0 Å².